The van der Waals surface area contributed by atoms with Gasteiger partial charge in [0.05, 0.1) is 11.0 Å². The summed E-state index contributed by atoms with van der Waals surface area (Å²) in [5.41, 5.74) is 0.454. The molecule has 2 N–H and O–H groups in total. The molecule has 1 aromatic rings. The second-order valence-electron chi connectivity index (χ2n) is 9.77. The van der Waals surface area contributed by atoms with Gasteiger partial charge in [-0.1, -0.05) is 13.0 Å². The molecular formula is C24H31NO5. The van der Waals surface area contributed by atoms with E-state index in [9.17, 15) is 19.8 Å². The van der Waals surface area contributed by atoms with Gasteiger partial charge >= 0.3 is 0 Å². The number of ether oxygens (including phenoxy) is 1. The molecular weight excluding hydrogens is 382 g/mol. The monoisotopic (exact) mass is 413 g/mol. The van der Waals surface area contributed by atoms with E-state index in [0.717, 1.165) is 43.0 Å². The molecule has 30 heavy (non-hydrogen) atoms. The lowest BCUT2D eigenvalue weighted by Gasteiger charge is -2.62. The van der Waals surface area contributed by atoms with Crippen molar-refractivity contribution in [1.29, 1.82) is 0 Å². The van der Waals surface area contributed by atoms with Crippen molar-refractivity contribution in [3.05, 3.63) is 23.3 Å². The summed E-state index contributed by atoms with van der Waals surface area (Å²) in [6.45, 7) is 5.39. The molecule has 1 aromatic carbocycles. The van der Waals surface area contributed by atoms with Crippen molar-refractivity contribution in [2.75, 3.05) is 13.1 Å². The van der Waals surface area contributed by atoms with Gasteiger partial charge in [0.25, 0.3) is 0 Å². The van der Waals surface area contributed by atoms with Gasteiger partial charge in [0.15, 0.2) is 23.4 Å². The minimum Gasteiger partial charge on any atom is -0.504 e. The first-order valence-electron chi connectivity index (χ1n) is 11.3. The molecule has 5 aliphatic rings. The van der Waals surface area contributed by atoms with E-state index in [0.29, 0.717) is 25.0 Å². The second kappa shape index (κ2) is 6.79. The van der Waals surface area contributed by atoms with E-state index in [1.807, 2.05) is 13.0 Å². The Morgan fingerprint density at radius 2 is 2.03 bits per heavy atom. The lowest BCUT2D eigenvalue weighted by molar-refractivity contribution is -0.188. The van der Waals surface area contributed by atoms with E-state index in [4.69, 9.17) is 4.74 Å². The Bertz CT molecular complexity index is 909. The first kappa shape index (κ1) is 20.0. The van der Waals surface area contributed by atoms with Gasteiger partial charge in [-0.15, -0.1) is 0 Å². The topological polar surface area (TPSA) is 87.1 Å². The van der Waals surface area contributed by atoms with Crippen LogP contribution in [0, 0.1) is 5.92 Å². The third-order valence-corrected chi connectivity index (χ3v) is 8.06. The summed E-state index contributed by atoms with van der Waals surface area (Å²) in [5.74, 6) is 1.64. The molecule has 0 amide bonds. The van der Waals surface area contributed by atoms with Crippen molar-refractivity contribution >= 4 is 11.6 Å². The Hall–Kier alpha value is -1.92. The summed E-state index contributed by atoms with van der Waals surface area (Å²) in [4.78, 5) is 25.0. The van der Waals surface area contributed by atoms with E-state index in [1.54, 1.807) is 13.0 Å². The van der Waals surface area contributed by atoms with Crippen LogP contribution < -0.4 is 4.74 Å². The van der Waals surface area contributed by atoms with E-state index in [1.165, 1.54) is 12.8 Å². The average molecular weight is 414 g/mol. The molecule has 1 spiro atoms. The molecule has 0 radical (unpaired) electrons. The summed E-state index contributed by atoms with van der Waals surface area (Å²) < 4.78 is 6.04. The molecule has 2 bridgehead atoms. The highest BCUT2D eigenvalue weighted by Crippen LogP contribution is 2.64. The number of Topliss-reactive ketones (excluding diaryl/α,β-unsaturated/α-hetero) is 2. The van der Waals surface area contributed by atoms with Gasteiger partial charge in [0, 0.05) is 31.0 Å². The Balaban J connectivity index is 0.000000349. The molecule has 6 nitrogen and oxygen atoms in total. The maximum atomic E-state index is 12.7. The number of hydrogen-bond donors (Lipinski definition) is 2. The molecule has 0 aromatic heterocycles. The fraction of sp³-hybridized carbons (Fsp3) is 0.667. The number of phenols is 1. The minimum atomic E-state index is -0.940. The number of piperidine rings is 1. The number of aliphatic hydroxyl groups is 1. The predicted octanol–water partition coefficient (Wildman–Crippen LogP) is 2.51. The molecule has 2 heterocycles. The van der Waals surface area contributed by atoms with Crippen LogP contribution in [-0.4, -0.2) is 57.5 Å². The van der Waals surface area contributed by atoms with Crippen molar-refractivity contribution in [2.24, 2.45) is 5.92 Å². The number of rotatable bonds is 3. The number of benzene rings is 1. The van der Waals surface area contributed by atoms with Crippen LogP contribution in [0.2, 0.25) is 0 Å². The molecule has 0 unspecified atom stereocenters. The molecule has 4 atom stereocenters. The standard InChI is InChI=1S/C20H23NO4.C4H8O/c22-13-4-3-12-9-15-20(24)6-5-14(23)18-19(20,16(12)17(13)25-18)7-8-21(15)10-11-1-2-11;1-3-4(2)5/h3-4,11,15,18,22,24H,1-2,5-10H2;3H2,1-2H3/t15-,18+,19+,20-;/m1./s1. The van der Waals surface area contributed by atoms with Gasteiger partial charge in [0.1, 0.15) is 5.78 Å². The zero-order valence-electron chi connectivity index (χ0n) is 17.8. The van der Waals surface area contributed by atoms with Gasteiger partial charge in [-0.25, -0.2) is 0 Å². The lowest BCUT2D eigenvalue weighted by atomic mass is 9.49. The van der Waals surface area contributed by atoms with Gasteiger partial charge in [-0.2, -0.15) is 0 Å². The van der Waals surface area contributed by atoms with Gasteiger partial charge in [0.2, 0.25) is 0 Å². The molecule has 162 valence electrons. The quantitative estimate of drug-likeness (QED) is 0.792. The third kappa shape index (κ3) is 2.62. The highest BCUT2D eigenvalue weighted by atomic mass is 16.5. The normalized spacial score (nSPS) is 35.8. The Kier molecular flexibility index (Phi) is 4.53. The van der Waals surface area contributed by atoms with Crippen molar-refractivity contribution in [2.45, 2.75) is 82.0 Å². The minimum absolute atomic E-state index is 0.0454. The Morgan fingerprint density at radius 1 is 1.30 bits per heavy atom. The number of hydrogen-bond acceptors (Lipinski definition) is 6. The van der Waals surface area contributed by atoms with E-state index >= 15 is 0 Å². The number of likely N-dealkylation sites (tertiary alicyclic amines) is 1. The summed E-state index contributed by atoms with van der Waals surface area (Å²) in [5, 5.41) is 22.3. The first-order valence-corrected chi connectivity index (χ1v) is 11.3. The van der Waals surface area contributed by atoms with Crippen LogP contribution in [0.25, 0.3) is 0 Å². The molecule has 6 heteroatoms. The van der Waals surface area contributed by atoms with Crippen LogP contribution in [0.1, 0.15) is 63.5 Å². The molecule has 6 rings (SSSR count). The van der Waals surface area contributed by atoms with Gasteiger partial charge in [-0.05, 0) is 63.1 Å². The Morgan fingerprint density at radius 3 is 2.70 bits per heavy atom. The molecule has 3 aliphatic carbocycles. The smallest absolute Gasteiger partial charge is 0.174 e. The van der Waals surface area contributed by atoms with Gasteiger partial charge in [-0.3, -0.25) is 9.69 Å². The summed E-state index contributed by atoms with van der Waals surface area (Å²) in [7, 11) is 0. The van der Waals surface area contributed by atoms with Crippen LogP contribution in [0.4, 0.5) is 0 Å². The van der Waals surface area contributed by atoms with E-state index in [-0.39, 0.29) is 23.4 Å². The number of nitrogens with zero attached hydrogens (tertiary/aromatic N) is 1. The van der Waals surface area contributed by atoms with E-state index < -0.39 is 17.1 Å². The van der Waals surface area contributed by atoms with Crippen molar-refractivity contribution < 1.29 is 24.5 Å². The fourth-order valence-corrected chi connectivity index (χ4v) is 6.26. The first-order chi connectivity index (χ1) is 14.3. The zero-order chi connectivity index (χ0) is 21.3. The molecule has 1 saturated heterocycles. The maximum Gasteiger partial charge on any atom is 0.174 e. The lowest BCUT2D eigenvalue weighted by Crippen LogP contribution is -2.76. The zero-order valence-corrected chi connectivity index (χ0v) is 17.8. The number of carbonyl (C=O) groups excluding carboxylic acids is 2. The van der Waals surface area contributed by atoms with Crippen LogP contribution in [0.3, 0.4) is 0 Å². The molecule has 2 saturated carbocycles. The van der Waals surface area contributed by atoms with Crippen LogP contribution in [0.15, 0.2) is 12.1 Å². The largest absolute Gasteiger partial charge is 0.504 e. The number of carbonyl (C=O) groups is 2. The third-order valence-electron chi connectivity index (χ3n) is 8.06. The SMILES string of the molecule is CCC(C)=O.O=C1CC[C@@]2(O)[C@H]3Cc4ccc(O)c5c4[C@@]2(CCN3CC2CC2)[C@H]1O5. The van der Waals surface area contributed by atoms with E-state index in [2.05, 4.69) is 4.90 Å². The second-order valence-corrected chi connectivity index (χ2v) is 9.77. The highest BCUT2D eigenvalue weighted by Gasteiger charge is 2.73. The van der Waals surface area contributed by atoms with Crippen molar-refractivity contribution in [3.8, 4) is 11.5 Å². The van der Waals surface area contributed by atoms with Crippen molar-refractivity contribution in [3.63, 3.8) is 0 Å². The van der Waals surface area contributed by atoms with Crippen LogP contribution in [-0.2, 0) is 21.4 Å². The molecule has 2 aliphatic heterocycles. The summed E-state index contributed by atoms with van der Waals surface area (Å²) >= 11 is 0. The van der Waals surface area contributed by atoms with Gasteiger partial charge < -0.3 is 19.7 Å². The Labute approximate surface area is 177 Å². The average Bonchev–Trinajstić information content (AvgIpc) is 3.46. The number of aromatic hydroxyl groups is 1. The number of ketones is 2. The van der Waals surface area contributed by atoms with Crippen molar-refractivity contribution in [1.82, 2.24) is 4.90 Å². The highest BCUT2D eigenvalue weighted by molar-refractivity contribution is 5.90. The maximum absolute atomic E-state index is 12.7. The summed E-state index contributed by atoms with van der Waals surface area (Å²) in [6, 6.07) is 3.69. The summed E-state index contributed by atoms with van der Waals surface area (Å²) in [6.07, 6.45) is 4.99. The van der Waals surface area contributed by atoms with Crippen LogP contribution in [0.5, 0.6) is 11.5 Å². The van der Waals surface area contributed by atoms with Crippen LogP contribution >= 0.6 is 0 Å². The fourth-order valence-electron chi connectivity index (χ4n) is 6.26. The predicted molar refractivity (Wildman–Crippen MR) is 111 cm³/mol. The number of phenolic OH excluding ortho intramolecular Hbond substituents is 1. The molecule has 3 fully saturated rings.